The van der Waals surface area contributed by atoms with Crippen LogP contribution in [-0.2, 0) is 38.1 Å². The fourth-order valence-corrected chi connectivity index (χ4v) is 10.2. The van der Waals surface area contributed by atoms with Crippen molar-refractivity contribution in [3.05, 3.63) is 0 Å². The summed E-state index contributed by atoms with van der Waals surface area (Å²) >= 11 is 0. The highest BCUT2D eigenvalue weighted by Crippen LogP contribution is 2.27. The lowest BCUT2D eigenvalue weighted by molar-refractivity contribution is -0.198. The van der Waals surface area contributed by atoms with Crippen molar-refractivity contribution >= 4 is 25.9 Å². The highest BCUT2D eigenvalue weighted by Gasteiger charge is 2.44. The molecule has 1 aliphatic rings. The molecular formula is C59H115NO9Si. The molecule has 1 aliphatic heterocycles. The highest BCUT2D eigenvalue weighted by atomic mass is 28.3. The SMILES string of the molecule is CCCCCCCCCCCCCCC(CCCCCCCCCCC)CC(=O)O[C@H]1[C@H](O)[C@@H](COC(=O)C(C)(C)C)OC[C@@H]1NC(=O)C[C@@H](CCCCCCCCCCC)OCOCC[Si](C)(C)C. The van der Waals surface area contributed by atoms with Crippen molar-refractivity contribution < 1.29 is 43.2 Å². The summed E-state index contributed by atoms with van der Waals surface area (Å²) in [5, 5.41) is 14.9. The third-order valence-corrected chi connectivity index (χ3v) is 16.0. The molecule has 2 N–H and O–H groups in total. The molecule has 0 radical (unpaired) electrons. The smallest absolute Gasteiger partial charge is 0.311 e. The Balaban J connectivity index is 3.04. The first-order chi connectivity index (χ1) is 33.6. The number of aliphatic hydroxyl groups is 1. The Labute approximate surface area is 433 Å². The second kappa shape index (κ2) is 42.8. The molecule has 1 fully saturated rings. The Kier molecular flexibility index (Phi) is 40.6. The zero-order valence-corrected chi connectivity index (χ0v) is 48.5. The lowest BCUT2D eigenvalue weighted by atomic mass is 9.91. The predicted molar refractivity (Wildman–Crippen MR) is 294 cm³/mol. The average molecular weight is 1010 g/mol. The van der Waals surface area contributed by atoms with Crippen LogP contribution in [0.5, 0.6) is 0 Å². The van der Waals surface area contributed by atoms with E-state index in [9.17, 15) is 19.5 Å². The van der Waals surface area contributed by atoms with E-state index in [0.717, 1.165) is 51.0 Å². The Morgan fingerprint density at radius 1 is 0.629 bits per heavy atom. The van der Waals surface area contributed by atoms with Crippen LogP contribution in [0, 0.1) is 11.3 Å². The Morgan fingerprint density at radius 3 is 1.49 bits per heavy atom. The maximum Gasteiger partial charge on any atom is 0.311 e. The van der Waals surface area contributed by atoms with Crippen LogP contribution in [0.1, 0.15) is 266 Å². The molecule has 70 heavy (non-hydrogen) atoms. The van der Waals surface area contributed by atoms with Crippen molar-refractivity contribution in [3.63, 3.8) is 0 Å². The number of esters is 2. The van der Waals surface area contributed by atoms with E-state index in [1.165, 1.54) is 167 Å². The number of nitrogens with one attached hydrogen (secondary N) is 1. The summed E-state index contributed by atoms with van der Waals surface area (Å²) in [7, 11) is -1.26. The van der Waals surface area contributed by atoms with Crippen molar-refractivity contribution in [1.29, 1.82) is 0 Å². The predicted octanol–water partition coefficient (Wildman–Crippen LogP) is 15.8. The van der Waals surface area contributed by atoms with Gasteiger partial charge >= 0.3 is 11.9 Å². The Bertz CT molecular complexity index is 1250. The van der Waals surface area contributed by atoms with Gasteiger partial charge < -0.3 is 34.1 Å². The number of carbonyl (C=O) groups excluding carboxylic acids is 3. The molecule has 414 valence electrons. The minimum absolute atomic E-state index is 0.00277. The molecular weight excluding hydrogens is 895 g/mol. The molecule has 1 amide bonds. The van der Waals surface area contributed by atoms with E-state index in [4.69, 9.17) is 23.7 Å². The number of aliphatic hydroxyl groups excluding tert-OH is 1. The van der Waals surface area contributed by atoms with Gasteiger partial charge in [0.1, 0.15) is 25.6 Å². The molecule has 0 aromatic heterocycles. The fourth-order valence-electron chi connectivity index (χ4n) is 9.45. The van der Waals surface area contributed by atoms with Gasteiger partial charge in [-0.3, -0.25) is 14.4 Å². The van der Waals surface area contributed by atoms with Crippen LogP contribution in [0.15, 0.2) is 0 Å². The molecule has 1 rings (SSSR count). The molecule has 6 atom stereocenters. The van der Waals surface area contributed by atoms with Gasteiger partial charge in [-0.05, 0) is 52.0 Å². The summed E-state index contributed by atoms with van der Waals surface area (Å²) < 4.78 is 30.0. The number of ether oxygens (including phenoxy) is 5. The van der Waals surface area contributed by atoms with Crippen LogP contribution in [-0.4, -0.2) is 88.1 Å². The Morgan fingerprint density at radius 2 is 1.06 bits per heavy atom. The van der Waals surface area contributed by atoms with Crippen LogP contribution in [0.4, 0.5) is 0 Å². The number of rotatable bonds is 47. The topological polar surface area (TPSA) is 130 Å². The van der Waals surface area contributed by atoms with Gasteiger partial charge in [-0.1, -0.05) is 233 Å². The van der Waals surface area contributed by atoms with Crippen molar-refractivity contribution in [3.8, 4) is 0 Å². The van der Waals surface area contributed by atoms with Crippen molar-refractivity contribution in [2.24, 2.45) is 11.3 Å². The average Bonchev–Trinajstić information content (AvgIpc) is 3.30. The number of hydrogen-bond donors (Lipinski definition) is 2. The first kappa shape index (κ1) is 66.5. The zero-order chi connectivity index (χ0) is 51.7. The van der Waals surface area contributed by atoms with Gasteiger partial charge in [0.15, 0.2) is 6.10 Å². The van der Waals surface area contributed by atoms with E-state index >= 15 is 0 Å². The van der Waals surface area contributed by atoms with Gasteiger partial charge in [0, 0.05) is 21.1 Å². The lowest BCUT2D eigenvalue weighted by Gasteiger charge is -2.40. The van der Waals surface area contributed by atoms with E-state index in [-0.39, 0.29) is 56.7 Å². The van der Waals surface area contributed by atoms with E-state index in [1.54, 1.807) is 20.8 Å². The summed E-state index contributed by atoms with van der Waals surface area (Å²) in [6, 6.07) is 0.258. The second-order valence-electron chi connectivity index (χ2n) is 23.7. The van der Waals surface area contributed by atoms with Gasteiger partial charge in [-0.2, -0.15) is 0 Å². The van der Waals surface area contributed by atoms with E-state index in [1.807, 2.05) is 0 Å². The maximum atomic E-state index is 14.0. The summed E-state index contributed by atoms with van der Waals surface area (Å²) in [5.74, 6) is -0.831. The monoisotopic (exact) mass is 1010 g/mol. The van der Waals surface area contributed by atoms with Gasteiger partial charge in [-0.25, -0.2) is 0 Å². The number of amides is 1. The number of unbranched alkanes of at least 4 members (excludes halogenated alkanes) is 27. The third kappa shape index (κ3) is 37.2. The molecule has 10 nitrogen and oxygen atoms in total. The molecule has 1 saturated heterocycles. The highest BCUT2D eigenvalue weighted by molar-refractivity contribution is 6.76. The minimum Gasteiger partial charge on any atom is -0.462 e. The molecule has 0 aromatic carbocycles. The van der Waals surface area contributed by atoms with Crippen LogP contribution >= 0.6 is 0 Å². The Hall–Kier alpha value is -1.53. The lowest BCUT2D eigenvalue weighted by Crippen LogP contribution is -2.61. The van der Waals surface area contributed by atoms with Gasteiger partial charge in [0.05, 0.1) is 30.6 Å². The largest absolute Gasteiger partial charge is 0.462 e. The first-order valence-corrected chi connectivity index (χ1v) is 33.5. The van der Waals surface area contributed by atoms with Crippen molar-refractivity contribution in [2.45, 2.75) is 322 Å². The number of carbonyl (C=O) groups is 3. The van der Waals surface area contributed by atoms with E-state index < -0.39 is 43.8 Å². The molecule has 1 heterocycles. The van der Waals surface area contributed by atoms with Crippen molar-refractivity contribution in [2.75, 3.05) is 26.6 Å². The van der Waals surface area contributed by atoms with Crippen LogP contribution < -0.4 is 5.32 Å². The molecule has 0 saturated carbocycles. The molecule has 1 unspecified atom stereocenters. The van der Waals surface area contributed by atoms with Gasteiger partial charge in [0.25, 0.3) is 0 Å². The molecule has 0 spiro atoms. The summed E-state index contributed by atoms with van der Waals surface area (Å²) in [6.45, 7) is 19.7. The third-order valence-electron chi connectivity index (χ3n) is 14.3. The standard InChI is InChI=1S/C59H115NO9Si/c1-10-13-16-19-22-25-26-27-30-32-35-38-41-50(40-37-34-31-28-23-20-17-14-11-2)45-55(62)69-57-52(47-66-53(56(57)63)48-67-58(64)59(4,5)6)60-54(61)46-51(68-49-65-43-44-70(7,8)9)42-39-36-33-29-24-21-18-15-12-3/h50-53,56-57,63H,10-49H2,1-9H3,(H,60,61)/t50?,51-,52+,53-,56-,57-/m1/s1. The molecule has 0 aliphatic carbocycles. The minimum atomic E-state index is -1.31. The molecule has 0 bridgehead atoms. The van der Waals surface area contributed by atoms with Gasteiger partial charge in [-0.15, -0.1) is 0 Å². The summed E-state index contributed by atoms with van der Waals surface area (Å²) in [5.41, 5.74) is -0.731. The van der Waals surface area contributed by atoms with Crippen LogP contribution in [0.25, 0.3) is 0 Å². The maximum absolute atomic E-state index is 14.0. The summed E-state index contributed by atoms with van der Waals surface area (Å²) in [6.07, 6.45) is 37.2. The van der Waals surface area contributed by atoms with Crippen molar-refractivity contribution in [1.82, 2.24) is 5.32 Å². The van der Waals surface area contributed by atoms with E-state index in [2.05, 4.69) is 45.7 Å². The quantitative estimate of drug-likeness (QED) is 0.0265. The van der Waals surface area contributed by atoms with E-state index in [0.29, 0.717) is 6.61 Å². The normalized spacial score (nSPS) is 18.4. The summed E-state index contributed by atoms with van der Waals surface area (Å²) in [4.78, 5) is 40.7. The van der Waals surface area contributed by atoms with Gasteiger partial charge in [0.2, 0.25) is 5.91 Å². The fraction of sp³-hybridized carbons (Fsp3) is 0.949. The molecule has 0 aromatic rings. The van der Waals surface area contributed by atoms with Crippen LogP contribution in [0.3, 0.4) is 0 Å². The van der Waals surface area contributed by atoms with Crippen LogP contribution in [0.2, 0.25) is 25.7 Å². The zero-order valence-electron chi connectivity index (χ0n) is 47.5. The second-order valence-corrected chi connectivity index (χ2v) is 29.3. The number of hydrogen-bond acceptors (Lipinski definition) is 9. The molecule has 11 heteroatoms. The first-order valence-electron chi connectivity index (χ1n) is 29.8.